The van der Waals surface area contributed by atoms with Gasteiger partial charge in [-0.15, -0.1) is 0 Å². The molecule has 0 aliphatic heterocycles. The molecule has 0 aliphatic carbocycles. The van der Waals surface area contributed by atoms with Gasteiger partial charge < -0.3 is 14.5 Å². The van der Waals surface area contributed by atoms with Crippen LogP contribution in [0.4, 0.5) is 0 Å². The number of hydrogen-bond donors (Lipinski definition) is 1. The van der Waals surface area contributed by atoms with Crippen molar-refractivity contribution in [2.24, 2.45) is 0 Å². The highest BCUT2D eigenvalue weighted by Gasteiger charge is 2.13. The lowest BCUT2D eigenvalue weighted by molar-refractivity contribution is 0.316. The summed E-state index contributed by atoms with van der Waals surface area (Å²) < 4.78 is 10.9. The Labute approximate surface area is 127 Å². The van der Waals surface area contributed by atoms with Crippen LogP contribution in [0.15, 0.2) is 47.3 Å². The molecule has 2 rings (SSSR count). The van der Waals surface area contributed by atoms with Crippen LogP contribution in [0.2, 0.25) is 0 Å². The third kappa shape index (κ3) is 4.94. The van der Waals surface area contributed by atoms with Gasteiger partial charge in [0, 0.05) is 6.04 Å². The molecule has 0 amide bonds. The predicted octanol–water partition coefficient (Wildman–Crippen LogP) is 4.35. The van der Waals surface area contributed by atoms with Crippen molar-refractivity contribution in [1.29, 1.82) is 0 Å². The van der Waals surface area contributed by atoms with Crippen LogP contribution in [0.3, 0.4) is 0 Å². The first kappa shape index (κ1) is 15.6. The first-order valence-electron chi connectivity index (χ1n) is 7.80. The highest BCUT2D eigenvalue weighted by Crippen LogP contribution is 2.23. The van der Waals surface area contributed by atoms with E-state index in [4.69, 9.17) is 9.15 Å². The molecule has 1 atom stereocenters. The lowest BCUT2D eigenvalue weighted by atomic mass is 10.00. The third-order valence-corrected chi connectivity index (χ3v) is 3.39. The second kappa shape index (κ2) is 8.53. The molecule has 0 saturated heterocycles. The summed E-state index contributed by atoms with van der Waals surface area (Å²) in [5, 5.41) is 3.61. The van der Waals surface area contributed by atoms with E-state index in [1.54, 1.807) is 6.26 Å². The van der Waals surface area contributed by atoms with E-state index in [-0.39, 0.29) is 6.04 Å². The molecule has 1 heterocycles. The molecule has 0 saturated carbocycles. The molecule has 1 aromatic carbocycles. The van der Waals surface area contributed by atoms with Crippen LogP contribution < -0.4 is 10.1 Å². The van der Waals surface area contributed by atoms with E-state index >= 15 is 0 Å². The van der Waals surface area contributed by atoms with Crippen LogP contribution in [-0.4, -0.2) is 13.2 Å². The van der Waals surface area contributed by atoms with Crippen molar-refractivity contribution in [1.82, 2.24) is 5.32 Å². The van der Waals surface area contributed by atoms with Crippen molar-refractivity contribution in [3.8, 4) is 5.75 Å². The molecule has 0 radical (unpaired) electrons. The highest BCUT2D eigenvalue weighted by molar-refractivity contribution is 5.31. The van der Waals surface area contributed by atoms with E-state index in [0.29, 0.717) is 0 Å². The molecule has 0 spiro atoms. The van der Waals surface area contributed by atoms with Crippen molar-refractivity contribution in [2.45, 2.75) is 39.2 Å². The van der Waals surface area contributed by atoms with Crippen molar-refractivity contribution in [3.05, 3.63) is 54.0 Å². The third-order valence-electron chi connectivity index (χ3n) is 3.39. The summed E-state index contributed by atoms with van der Waals surface area (Å²) in [6, 6.07) is 10.7. The zero-order chi connectivity index (χ0) is 14.9. The monoisotopic (exact) mass is 287 g/mol. The maximum Gasteiger partial charge on any atom is 0.119 e. The van der Waals surface area contributed by atoms with Gasteiger partial charge >= 0.3 is 0 Å². The average Bonchev–Trinajstić information content (AvgIpc) is 3.02. The Hall–Kier alpha value is -1.74. The second-order valence-electron chi connectivity index (χ2n) is 5.26. The average molecular weight is 287 g/mol. The molecule has 21 heavy (non-hydrogen) atoms. The normalized spacial score (nSPS) is 12.3. The molecule has 3 heteroatoms. The Balaban J connectivity index is 2.11. The maximum atomic E-state index is 5.74. The zero-order valence-electron chi connectivity index (χ0n) is 13.0. The number of benzene rings is 1. The quantitative estimate of drug-likeness (QED) is 0.744. The summed E-state index contributed by atoms with van der Waals surface area (Å²) >= 11 is 0. The molecule has 0 bridgehead atoms. The summed E-state index contributed by atoms with van der Waals surface area (Å²) in [6.45, 7) is 6.07. The fraction of sp³-hybridized carbons (Fsp3) is 0.444. The Kier molecular flexibility index (Phi) is 6.35. The van der Waals surface area contributed by atoms with Crippen LogP contribution in [0, 0.1) is 0 Å². The SMILES string of the molecule is CCCNC(Cc1ccoc1)c1cccc(OCCC)c1. The van der Waals surface area contributed by atoms with E-state index in [2.05, 4.69) is 37.4 Å². The van der Waals surface area contributed by atoms with Gasteiger partial charge in [-0.2, -0.15) is 0 Å². The van der Waals surface area contributed by atoms with Crippen LogP contribution in [-0.2, 0) is 6.42 Å². The van der Waals surface area contributed by atoms with Gasteiger partial charge in [-0.25, -0.2) is 0 Å². The van der Waals surface area contributed by atoms with Crippen LogP contribution in [0.1, 0.15) is 43.9 Å². The Morgan fingerprint density at radius 1 is 1.19 bits per heavy atom. The lowest BCUT2D eigenvalue weighted by Gasteiger charge is -2.19. The molecule has 2 aromatic rings. The minimum atomic E-state index is 0.285. The summed E-state index contributed by atoms with van der Waals surface area (Å²) in [7, 11) is 0. The summed E-state index contributed by atoms with van der Waals surface area (Å²) in [6.07, 6.45) is 6.61. The molecule has 0 fully saturated rings. The van der Waals surface area contributed by atoms with Crippen molar-refractivity contribution in [2.75, 3.05) is 13.2 Å². The summed E-state index contributed by atoms with van der Waals surface area (Å²) in [5.41, 5.74) is 2.47. The van der Waals surface area contributed by atoms with E-state index < -0.39 is 0 Å². The van der Waals surface area contributed by atoms with Gasteiger partial charge in [0.2, 0.25) is 0 Å². The zero-order valence-corrected chi connectivity index (χ0v) is 13.0. The van der Waals surface area contributed by atoms with Crippen LogP contribution >= 0.6 is 0 Å². The van der Waals surface area contributed by atoms with E-state index in [9.17, 15) is 0 Å². The Bertz CT molecular complexity index is 508. The smallest absolute Gasteiger partial charge is 0.119 e. The number of hydrogen-bond acceptors (Lipinski definition) is 3. The Morgan fingerprint density at radius 2 is 2.10 bits per heavy atom. The number of nitrogens with one attached hydrogen (secondary N) is 1. The first-order chi connectivity index (χ1) is 10.3. The minimum absolute atomic E-state index is 0.285. The molecule has 0 aliphatic rings. The molecule has 1 N–H and O–H groups in total. The minimum Gasteiger partial charge on any atom is -0.494 e. The van der Waals surface area contributed by atoms with Crippen LogP contribution in [0.25, 0.3) is 0 Å². The van der Waals surface area contributed by atoms with Crippen molar-refractivity contribution < 1.29 is 9.15 Å². The van der Waals surface area contributed by atoms with E-state index in [0.717, 1.165) is 38.2 Å². The summed E-state index contributed by atoms with van der Waals surface area (Å²) in [5.74, 6) is 0.949. The van der Waals surface area contributed by atoms with Gasteiger partial charge in [-0.3, -0.25) is 0 Å². The van der Waals surface area contributed by atoms with Gasteiger partial charge in [0.15, 0.2) is 0 Å². The molecule has 1 aromatic heterocycles. The molecular weight excluding hydrogens is 262 g/mol. The number of ether oxygens (including phenoxy) is 1. The van der Waals surface area contributed by atoms with Crippen molar-refractivity contribution in [3.63, 3.8) is 0 Å². The van der Waals surface area contributed by atoms with Gasteiger partial charge in [-0.1, -0.05) is 26.0 Å². The van der Waals surface area contributed by atoms with Crippen LogP contribution in [0.5, 0.6) is 5.75 Å². The summed E-state index contributed by atoms with van der Waals surface area (Å²) in [4.78, 5) is 0. The first-order valence-corrected chi connectivity index (χ1v) is 7.80. The lowest BCUT2D eigenvalue weighted by Crippen LogP contribution is -2.24. The predicted molar refractivity (Wildman–Crippen MR) is 85.7 cm³/mol. The highest BCUT2D eigenvalue weighted by atomic mass is 16.5. The molecule has 3 nitrogen and oxygen atoms in total. The van der Waals surface area contributed by atoms with E-state index in [1.165, 1.54) is 11.1 Å². The fourth-order valence-electron chi connectivity index (χ4n) is 2.31. The fourth-order valence-corrected chi connectivity index (χ4v) is 2.31. The van der Waals surface area contributed by atoms with Gasteiger partial charge in [0.05, 0.1) is 19.1 Å². The van der Waals surface area contributed by atoms with Gasteiger partial charge in [-0.05, 0) is 55.1 Å². The molecular formula is C18H25NO2. The van der Waals surface area contributed by atoms with Crippen molar-refractivity contribution >= 4 is 0 Å². The number of furan rings is 1. The molecule has 114 valence electrons. The topological polar surface area (TPSA) is 34.4 Å². The van der Waals surface area contributed by atoms with Gasteiger partial charge in [0.1, 0.15) is 5.75 Å². The largest absolute Gasteiger partial charge is 0.494 e. The molecule has 1 unspecified atom stereocenters. The number of rotatable bonds is 9. The van der Waals surface area contributed by atoms with E-state index in [1.807, 2.05) is 18.4 Å². The van der Waals surface area contributed by atoms with Gasteiger partial charge in [0.25, 0.3) is 0 Å². The second-order valence-corrected chi connectivity index (χ2v) is 5.26. The maximum absolute atomic E-state index is 5.74. The standard InChI is InChI=1S/C18H25NO2/c1-3-9-19-18(12-15-8-11-20-14-15)16-6-5-7-17(13-16)21-10-4-2/h5-8,11,13-14,18-19H,3-4,9-10,12H2,1-2H3. The Morgan fingerprint density at radius 3 is 2.81 bits per heavy atom.